The average Bonchev–Trinajstić information content (AvgIpc) is 3.09. The van der Waals surface area contributed by atoms with Crippen molar-refractivity contribution in [3.63, 3.8) is 0 Å². The number of ether oxygens (including phenoxy) is 1. The highest BCUT2D eigenvalue weighted by Gasteiger charge is 2.22. The first-order chi connectivity index (χ1) is 12.7. The van der Waals surface area contributed by atoms with Crippen LogP contribution in [0.15, 0.2) is 42.6 Å². The Morgan fingerprint density at radius 3 is 2.77 bits per heavy atom. The van der Waals surface area contributed by atoms with Gasteiger partial charge in [-0.1, -0.05) is 35.9 Å². The van der Waals surface area contributed by atoms with Crippen LogP contribution in [-0.2, 0) is 11.3 Å². The van der Waals surface area contributed by atoms with Crippen LogP contribution < -0.4 is 5.73 Å². The monoisotopic (exact) mass is 365 g/mol. The van der Waals surface area contributed by atoms with E-state index in [-0.39, 0.29) is 0 Å². The molecule has 0 radical (unpaired) electrons. The Kier molecular flexibility index (Phi) is 4.69. The van der Waals surface area contributed by atoms with Crippen LogP contribution in [0.2, 0.25) is 5.02 Å². The van der Waals surface area contributed by atoms with Gasteiger partial charge in [-0.05, 0) is 36.1 Å². The molecule has 5 heteroatoms. The van der Waals surface area contributed by atoms with Crippen molar-refractivity contribution in [3.05, 3.63) is 58.7 Å². The maximum absolute atomic E-state index is 9.24. The Bertz CT molecular complexity index is 996. The van der Waals surface area contributed by atoms with Crippen LogP contribution in [0.25, 0.3) is 22.0 Å². The van der Waals surface area contributed by atoms with Gasteiger partial charge in [0.1, 0.15) is 0 Å². The zero-order valence-corrected chi connectivity index (χ0v) is 15.2. The highest BCUT2D eigenvalue weighted by atomic mass is 35.5. The fourth-order valence-corrected chi connectivity index (χ4v) is 4.08. The Labute approximate surface area is 157 Å². The Morgan fingerprint density at radius 1 is 1.23 bits per heavy atom. The van der Waals surface area contributed by atoms with Crippen molar-refractivity contribution in [2.75, 3.05) is 13.2 Å². The minimum atomic E-state index is 0.352. The number of nitrogens with two attached hydrogens (primary N) is 1. The molecule has 1 aromatic heterocycles. The minimum Gasteiger partial charge on any atom is -0.381 e. The summed E-state index contributed by atoms with van der Waals surface area (Å²) in [5.74, 6) is 0. The van der Waals surface area contributed by atoms with Gasteiger partial charge in [-0.2, -0.15) is 5.26 Å². The Morgan fingerprint density at radius 2 is 2.04 bits per heavy atom. The van der Waals surface area contributed by atoms with E-state index in [1.54, 1.807) is 0 Å². The SMILES string of the molecule is N#Cc1cccc(-c2cn(C3CCOCC3)c3c(Cl)c(CN)ccc23)c1. The van der Waals surface area contributed by atoms with Crippen molar-refractivity contribution >= 4 is 22.5 Å². The lowest BCUT2D eigenvalue weighted by molar-refractivity contribution is 0.0707. The largest absolute Gasteiger partial charge is 0.381 e. The first-order valence-electron chi connectivity index (χ1n) is 8.83. The number of benzene rings is 2. The molecular formula is C21H20ClN3O. The molecule has 2 heterocycles. The molecule has 0 aliphatic carbocycles. The normalized spacial score (nSPS) is 15.3. The van der Waals surface area contributed by atoms with E-state index in [2.05, 4.69) is 22.9 Å². The zero-order valence-electron chi connectivity index (χ0n) is 14.4. The lowest BCUT2D eigenvalue weighted by atomic mass is 10.0. The van der Waals surface area contributed by atoms with Crippen molar-refractivity contribution in [1.29, 1.82) is 5.26 Å². The second kappa shape index (κ2) is 7.13. The average molecular weight is 366 g/mol. The predicted molar refractivity (Wildman–Crippen MR) is 104 cm³/mol. The van der Waals surface area contributed by atoms with Gasteiger partial charge in [-0.15, -0.1) is 0 Å². The van der Waals surface area contributed by atoms with E-state index in [0.717, 1.165) is 58.7 Å². The number of rotatable bonds is 3. The molecule has 26 heavy (non-hydrogen) atoms. The van der Waals surface area contributed by atoms with Gasteiger partial charge >= 0.3 is 0 Å². The van der Waals surface area contributed by atoms with E-state index < -0.39 is 0 Å². The van der Waals surface area contributed by atoms with Crippen molar-refractivity contribution in [2.45, 2.75) is 25.4 Å². The van der Waals surface area contributed by atoms with Crippen LogP contribution in [0.3, 0.4) is 0 Å². The third-order valence-corrected chi connectivity index (χ3v) is 5.54. The lowest BCUT2D eigenvalue weighted by Crippen LogP contribution is -2.19. The summed E-state index contributed by atoms with van der Waals surface area (Å²) in [5, 5.41) is 11.1. The molecule has 1 aliphatic heterocycles. The second-order valence-corrected chi connectivity index (χ2v) is 7.00. The fraction of sp³-hybridized carbons (Fsp3) is 0.286. The summed E-state index contributed by atoms with van der Waals surface area (Å²) in [4.78, 5) is 0. The van der Waals surface area contributed by atoms with Crippen molar-refractivity contribution in [2.24, 2.45) is 5.73 Å². The van der Waals surface area contributed by atoms with E-state index in [1.807, 2.05) is 30.3 Å². The molecule has 4 nitrogen and oxygen atoms in total. The molecule has 0 saturated carbocycles. The quantitative estimate of drug-likeness (QED) is 0.735. The highest BCUT2D eigenvalue weighted by Crippen LogP contribution is 2.39. The van der Waals surface area contributed by atoms with E-state index >= 15 is 0 Å². The molecule has 0 unspecified atom stereocenters. The summed E-state index contributed by atoms with van der Waals surface area (Å²) in [6, 6.07) is 14.4. The van der Waals surface area contributed by atoms with Gasteiger partial charge in [-0.25, -0.2) is 0 Å². The summed E-state index contributed by atoms with van der Waals surface area (Å²) in [5.41, 5.74) is 10.6. The summed E-state index contributed by atoms with van der Waals surface area (Å²) >= 11 is 6.74. The molecule has 3 aromatic rings. The second-order valence-electron chi connectivity index (χ2n) is 6.63. The van der Waals surface area contributed by atoms with Crippen molar-refractivity contribution < 1.29 is 4.74 Å². The summed E-state index contributed by atoms with van der Waals surface area (Å²) in [6.45, 7) is 1.93. The summed E-state index contributed by atoms with van der Waals surface area (Å²) in [6.07, 6.45) is 4.10. The first kappa shape index (κ1) is 17.1. The molecule has 2 N–H and O–H groups in total. The first-order valence-corrected chi connectivity index (χ1v) is 9.21. The minimum absolute atomic E-state index is 0.352. The zero-order chi connectivity index (χ0) is 18.1. The molecule has 0 amide bonds. The van der Waals surface area contributed by atoms with E-state index in [9.17, 15) is 5.26 Å². The van der Waals surface area contributed by atoms with Gasteiger partial charge in [0.15, 0.2) is 0 Å². The predicted octanol–water partition coefficient (Wildman–Crippen LogP) is 4.64. The number of nitriles is 1. The Balaban J connectivity index is 1.96. The smallest absolute Gasteiger partial charge is 0.0991 e. The number of halogens is 1. The molecule has 0 bridgehead atoms. The topological polar surface area (TPSA) is 64.0 Å². The van der Waals surface area contributed by atoms with Gasteiger partial charge in [0.25, 0.3) is 0 Å². The number of nitrogens with zero attached hydrogens (tertiary/aromatic N) is 2. The molecule has 0 spiro atoms. The van der Waals surface area contributed by atoms with Crippen molar-refractivity contribution in [1.82, 2.24) is 4.57 Å². The van der Waals surface area contributed by atoms with Gasteiger partial charge in [-0.3, -0.25) is 0 Å². The van der Waals surface area contributed by atoms with Crippen LogP contribution in [0, 0.1) is 11.3 Å². The van der Waals surface area contributed by atoms with Gasteiger partial charge in [0.2, 0.25) is 0 Å². The molecule has 132 valence electrons. The summed E-state index contributed by atoms with van der Waals surface area (Å²) < 4.78 is 7.81. The molecule has 2 aromatic carbocycles. The summed E-state index contributed by atoms with van der Waals surface area (Å²) in [7, 11) is 0. The maximum Gasteiger partial charge on any atom is 0.0991 e. The third-order valence-electron chi connectivity index (χ3n) is 5.12. The molecule has 1 aliphatic rings. The van der Waals surface area contributed by atoms with Crippen LogP contribution in [0.5, 0.6) is 0 Å². The third kappa shape index (κ3) is 2.89. The molecule has 4 rings (SSSR count). The van der Waals surface area contributed by atoms with E-state index in [1.165, 1.54) is 0 Å². The standard InChI is InChI=1S/C21H20ClN3O/c22-20-16(12-24)4-5-18-19(15-3-1-2-14(10-15)11-23)13-25(21(18)20)17-6-8-26-9-7-17/h1-5,10,13,17H,6-9,12,24H2. The molecular weight excluding hydrogens is 346 g/mol. The van der Waals surface area contributed by atoms with Crippen LogP contribution in [0.1, 0.15) is 30.0 Å². The maximum atomic E-state index is 9.24. The molecule has 1 fully saturated rings. The van der Waals surface area contributed by atoms with E-state index in [4.69, 9.17) is 22.1 Å². The van der Waals surface area contributed by atoms with E-state index in [0.29, 0.717) is 18.2 Å². The van der Waals surface area contributed by atoms with Gasteiger partial charge in [0.05, 0.1) is 22.2 Å². The van der Waals surface area contributed by atoms with Crippen LogP contribution in [0.4, 0.5) is 0 Å². The molecule has 0 atom stereocenters. The fourth-order valence-electron chi connectivity index (χ4n) is 3.74. The van der Waals surface area contributed by atoms with Gasteiger partial charge in [0, 0.05) is 42.9 Å². The van der Waals surface area contributed by atoms with Crippen LogP contribution >= 0.6 is 11.6 Å². The number of hydrogen-bond acceptors (Lipinski definition) is 3. The number of aromatic nitrogens is 1. The van der Waals surface area contributed by atoms with Crippen LogP contribution in [-0.4, -0.2) is 17.8 Å². The lowest BCUT2D eigenvalue weighted by Gasteiger charge is -2.25. The number of hydrogen-bond donors (Lipinski definition) is 1. The Hall–Kier alpha value is -2.32. The number of fused-ring (bicyclic) bond motifs is 1. The van der Waals surface area contributed by atoms with Gasteiger partial charge < -0.3 is 15.0 Å². The van der Waals surface area contributed by atoms with Crippen molar-refractivity contribution in [3.8, 4) is 17.2 Å². The highest BCUT2D eigenvalue weighted by molar-refractivity contribution is 6.36. The molecule has 1 saturated heterocycles.